The predicted molar refractivity (Wildman–Crippen MR) is 86.7 cm³/mol. The molecule has 0 radical (unpaired) electrons. The summed E-state index contributed by atoms with van der Waals surface area (Å²) in [6, 6.07) is 6.88. The van der Waals surface area contributed by atoms with Crippen LogP contribution in [0.1, 0.15) is 33.4 Å². The minimum absolute atomic E-state index is 0.168. The van der Waals surface area contributed by atoms with Gasteiger partial charge in [-0.3, -0.25) is 9.59 Å². The van der Waals surface area contributed by atoms with Crippen LogP contribution in [0, 0.1) is 6.92 Å². The largest absolute Gasteiger partial charge is 0.481 e. The Morgan fingerprint density at radius 1 is 1.43 bits per heavy atom. The number of aromatic nitrogens is 2. The molecule has 23 heavy (non-hydrogen) atoms. The van der Waals surface area contributed by atoms with Crippen LogP contribution < -0.4 is 5.32 Å². The fourth-order valence-corrected chi connectivity index (χ4v) is 3.09. The third-order valence-corrected chi connectivity index (χ3v) is 4.41. The average Bonchev–Trinajstić information content (AvgIpc) is 3.14. The molecule has 3 rings (SSSR count). The van der Waals surface area contributed by atoms with Gasteiger partial charge in [0.1, 0.15) is 11.3 Å². The van der Waals surface area contributed by atoms with Crippen LogP contribution in [-0.2, 0) is 4.79 Å². The number of thiophene rings is 1. The van der Waals surface area contributed by atoms with E-state index in [2.05, 4.69) is 10.3 Å². The number of carbonyl (C=O) groups excluding carboxylic acids is 1. The Kier molecular flexibility index (Phi) is 4.12. The van der Waals surface area contributed by atoms with E-state index < -0.39 is 12.0 Å². The van der Waals surface area contributed by atoms with Crippen LogP contribution in [0.15, 0.2) is 42.0 Å². The van der Waals surface area contributed by atoms with E-state index in [1.54, 1.807) is 10.6 Å². The first-order valence-electron chi connectivity index (χ1n) is 7.04. The normalized spacial score (nSPS) is 12.2. The highest BCUT2D eigenvalue weighted by molar-refractivity contribution is 7.10. The Morgan fingerprint density at radius 3 is 2.96 bits per heavy atom. The van der Waals surface area contributed by atoms with Crippen molar-refractivity contribution in [3.05, 3.63) is 58.2 Å². The Labute approximate surface area is 136 Å². The van der Waals surface area contributed by atoms with Gasteiger partial charge in [0, 0.05) is 17.3 Å². The Bertz CT molecular complexity index is 855. The molecule has 0 aliphatic heterocycles. The van der Waals surface area contributed by atoms with E-state index in [0.29, 0.717) is 5.65 Å². The number of aryl methyl sites for hydroxylation is 1. The molecule has 0 aliphatic rings. The maximum Gasteiger partial charge on any atom is 0.305 e. The molecule has 0 fully saturated rings. The zero-order chi connectivity index (χ0) is 16.4. The molecule has 2 N–H and O–H groups in total. The maximum absolute atomic E-state index is 12.4. The molecule has 0 saturated heterocycles. The van der Waals surface area contributed by atoms with Crippen LogP contribution in [0.25, 0.3) is 5.65 Å². The van der Waals surface area contributed by atoms with Crippen LogP contribution in [0.2, 0.25) is 0 Å². The smallest absolute Gasteiger partial charge is 0.305 e. The number of hydrogen-bond donors (Lipinski definition) is 2. The molecule has 0 aromatic carbocycles. The molecule has 6 nitrogen and oxygen atoms in total. The number of fused-ring (bicyclic) bond motifs is 1. The summed E-state index contributed by atoms with van der Waals surface area (Å²) < 4.78 is 1.76. The minimum atomic E-state index is -0.964. The molecule has 0 bridgehead atoms. The van der Waals surface area contributed by atoms with Gasteiger partial charge in [-0.25, -0.2) is 4.98 Å². The van der Waals surface area contributed by atoms with Crippen molar-refractivity contribution in [2.24, 2.45) is 0 Å². The van der Waals surface area contributed by atoms with Crippen molar-refractivity contribution in [2.45, 2.75) is 19.4 Å². The highest BCUT2D eigenvalue weighted by atomic mass is 32.1. The van der Waals surface area contributed by atoms with E-state index in [1.165, 1.54) is 11.3 Å². The van der Waals surface area contributed by atoms with E-state index in [9.17, 15) is 9.59 Å². The molecule has 3 aromatic rings. The van der Waals surface area contributed by atoms with E-state index in [-0.39, 0.29) is 18.0 Å². The fourth-order valence-electron chi connectivity index (χ4n) is 2.31. The second kappa shape index (κ2) is 6.21. The van der Waals surface area contributed by atoms with Crippen molar-refractivity contribution < 1.29 is 14.7 Å². The van der Waals surface area contributed by atoms with Gasteiger partial charge in [0.2, 0.25) is 0 Å². The van der Waals surface area contributed by atoms with Gasteiger partial charge in [0.05, 0.1) is 12.5 Å². The number of aliphatic carboxylic acids is 1. The van der Waals surface area contributed by atoms with Crippen LogP contribution in [-0.4, -0.2) is 26.4 Å². The number of carboxylic acid groups (broad SMARTS) is 1. The van der Waals surface area contributed by atoms with Gasteiger partial charge in [0.25, 0.3) is 5.91 Å². The van der Waals surface area contributed by atoms with Gasteiger partial charge in [-0.05, 0) is 36.1 Å². The van der Waals surface area contributed by atoms with Gasteiger partial charge < -0.3 is 14.8 Å². The van der Waals surface area contributed by atoms with Crippen LogP contribution in [0.5, 0.6) is 0 Å². The standard InChI is InChI=1S/C16H15N3O3S/c1-10-4-5-19-9-12(17-14(19)7-10)16(22)18-11(8-15(20)21)13-3-2-6-23-13/h2-7,9,11H,8H2,1H3,(H,18,22)(H,20,21)/t11-/m1/s1. The van der Waals surface area contributed by atoms with Crippen molar-refractivity contribution in [3.63, 3.8) is 0 Å². The van der Waals surface area contributed by atoms with E-state index in [0.717, 1.165) is 10.4 Å². The molecule has 3 aromatic heterocycles. The van der Waals surface area contributed by atoms with Crippen LogP contribution in [0.4, 0.5) is 0 Å². The predicted octanol–water partition coefficient (Wildman–Crippen LogP) is 2.65. The molecule has 1 atom stereocenters. The van der Waals surface area contributed by atoms with Gasteiger partial charge in [-0.1, -0.05) is 6.07 Å². The lowest BCUT2D eigenvalue weighted by Crippen LogP contribution is -2.29. The summed E-state index contributed by atoms with van der Waals surface area (Å²) >= 11 is 1.41. The number of carboxylic acids is 1. The fraction of sp³-hybridized carbons (Fsp3) is 0.188. The van der Waals surface area contributed by atoms with Crippen LogP contribution >= 0.6 is 11.3 Å². The van der Waals surface area contributed by atoms with Gasteiger partial charge in [-0.15, -0.1) is 11.3 Å². The Hall–Kier alpha value is -2.67. The highest BCUT2D eigenvalue weighted by Gasteiger charge is 2.21. The molecule has 0 aliphatic carbocycles. The first-order valence-corrected chi connectivity index (χ1v) is 7.92. The molecule has 0 spiro atoms. The third kappa shape index (κ3) is 3.40. The highest BCUT2D eigenvalue weighted by Crippen LogP contribution is 2.22. The number of nitrogens with one attached hydrogen (secondary N) is 1. The first-order chi connectivity index (χ1) is 11.0. The number of imidazole rings is 1. The lowest BCUT2D eigenvalue weighted by molar-refractivity contribution is -0.137. The molecule has 3 heterocycles. The van der Waals surface area contributed by atoms with Gasteiger partial charge in [-0.2, -0.15) is 0 Å². The zero-order valence-electron chi connectivity index (χ0n) is 12.4. The Morgan fingerprint density at radius 2 is 2.26 bits per heavy atom. The maximum atomic E-state index is 12.4. The van der Waals surface area contributed by atoms with Crippen molar-refractivity contribution in [2.75, 3.05) is 0 Å². The van der Waals surface area contributed by atoms with Crippen molar-refractivity contribution in [1.82, 2.24) is 14.7 Å². The number of hydrogen-bond acceptors (Lipinski definition) is 4. The molecule has 7 heteroatoms. The van der Waals surface area contributed by atoms with Crippen LogP contribution in [0.3, 0.4) is 0 Å². The molecular formula is C16H15N3O3S. The monoisotopic (exact) mass is 329 g/mol. The molecule has 1 amide bonds. The minimum Gasteiger partial charge on any atom is -0.481 e. The van der Waals surface area contributed by atoms with Gasteiger partial charge in [0.15, 0.2) is 0 Å². The zero-order valence-corrected chi connectivity index (χ0v) is 13.2. The number of pyridine rings is 1. The van der Waals surface area contributed by atoms with Gasteiger partial charge >= 0.3 is 5.97 Å². The lowest BCUT2D eigenvalue weighted by atomic mass is 10.1. The molecular weight excluding hydrogens is 314 g/mol. The van der Waals surface area contributed by atoms with Crippen molar-refractivity contribution >= 4 is 28.9 Å². The summed E-state index contributed by atoms with van der Waals surface area (Å²) in [5, 5.41) is 13.7. The topological polar surface area (TPSA) is 83.7 Å². The van der Waals surface area contributed by atoms with Crippen molar-refractivity contribution in [1.29, 1.82) is 0 Å². The molecule has 0 saturated carbocycles. The number of nitrogens with zero attached hydrogens (tertiary/aromatic N) is 2. The molecule has 0 unspecified atom stereocenters. The molecule has 118 valence electrons. The average molecular weight is 329 g/mol. The third-order valence-electron chi connectivity index (χ3n) is 3.42. The summed E-state index contributed by atoms with van der Waals surface area (Å²) in [6.07, 6.45) is 3.30. The number of amides is 1. The quantitative estimate of drug-likeness (QED) is 0.754. The Balaban J connectivity index is 1.83. The summed E-state index contributed by atoms with van der Waals surface area (Å²) in [7, 11) is 0. The second-order valence-electron chi connectivity index (χ2n) is 5.24. The second-order valence-corrected chi connectivity index (χ2v) is 6.21. The first kappa shape index (κ1) is 15.2. The lowest BCUT2D eigenvalue weighted by Gasteiger charge is -2.14. The number of rotatable bonds is 5. The summed E-state index contributed by atoms with van der Waals surface area (Å²) in [5.74, 6) is -1.35. The summed E-state index contributed by atoms with van der Waals surface area (Å²) in [6.45, 7) is 1.95. The summed E-state index contributed by atoms with van der Waals surface area (Å²) in [5.41, 5.74) is 2.00. The summed E-state index contributed by atoms with van der Waals surface area (Å²) in [4.78, 5) is 28.5. The SMILES string of the molecule is Cc1ccn2cc(C(=O)N[C@H](CC(=O)O)c3cccs3)nc2c1. The van der Waals surface area contributed by atoms with E-state index >= 15 is 0 Å². The van der Waals surface area contributed by atoms with Crippen molar-refractivity contribution in [3.8, 4) is 0 Å². The van der Waals surface area contributed by atoms with E-state index in [1.807, 2.05) is 42.8 Å². The number of carbonyl (C=O) groups is 2. The van der Waals surface area contributed by atoms with E-state index in [4.69, 9.17) is 5.11 Å².